The lowest BCUT2D eigenvalue weighted by Gasteiger charge is -2.05. The quantitative estimate of drug-likeness (QED) is 0.704. The highest BCUT2D eigenvalue weighted by Crippen LogP contribution is 2.01. The molecule has 0 aliphatic carbocycles. The maximum absolute atomic E-state index is 11.7. The van der Waals surface area contributed by atoms with Gasteiger partial charge in [0.25, 0.3) is 5.91 Å². The number of amides is 1. The fraction of sp³-hybridized carbons (Fsp3) is 0.583. The van der Waals surface area contributed by atoms with Gasteiger partial charge in [0.15, 0.2) is 0 Å². The molecule has 18 heavy (non-hydrogen) atoms. The van der Waals surface area contributed by atoms with Crippen LogP contribution < -0.4 is 10.6 Å². The van der Waals surface area contributed by atoms with Gasteiger partial charge in [-0.05, 0) is 24.9 Å². The first-order valence-electron chi connectivity index (χ1n) is 6.11. The summed E-state index contributed by atoms with van der Waals surface area (Å²) >= 11 is 1.77. The molecule has 1 aromatic rings. The van der Waals surface area contributed by atoms with Crippen LogP contribution in [0.15, 0.2) is 12.4 Å². The van der Waals surface area contributed by atoms with Gasteiger partial charge in [0.05, 0.1) is 12.4 Å². The molecule has 0 atom stereocenters. The van der Waals surface area contributed by atoms with Crippen molar-refractivity contribution < 1.29 is 4.79 Å². The van der Waals surface area contributed by atoms with Gasteiger partial charge < -0.3 is 10.6 Å². The molecule has 1 rings (SSSR count). The zero-order chi connectivity index (χ0) is 13.2. The monoisotopic (exact) mass is 268 g/mol. The molecular weight excluding hydrogens is 248 g/mol. The van der Waals surface area contributed by atoms with Gasteiger partial charge in [-0.2, -0.15) is 11.8 Å². The Hall–Kier alpha value is -1.30. The van der Waals surface area contributed by atoms with E-state index in [2.05, 4.69) is 33.8 Å². The van der Waals surface area contributed by atoms with Gasteiger partial charge in [-0.1, -0.05) is 6.92 Å². The topological polar surface area (TPSA) is 66.9 Å². The van der Waals surface area contributed by atoms with Crippen LogP contribution in [-0.4, -0.2) is 41.0 Å². The summed E-state index contributed by atoms with van der Waals surface area (Å²) in [5.41, 5.74) is 0.362. The summed E-state index contributed by atoms with van der Waals surface area (Å²) in [4.78, 5) is 19.9. The third-order valence-corrected chi connectivity index (χ3v) is 2.95. The van der Waals surface area contributed by atoms with Gasteiger partial charge in [-0.15, -0.1) is 0 Å². The Labute approximate surface area is 112 Å². The molecule has 0 aliphatic rings. The Morgan fingerprint density at radius 1 is 1.33 bits per heavy atom. The van der Waals surface area contributed by atoms with E-state index in [-0.39, 0.29) is 5.91 Å². The molecule has 0 aromatic carbocycles. The molecule has 2 N–H and O–H groups in total. The van der Waals surface area contributed by atoms with Crippen LogP contribution in [0.1, 0.15) is 30.3 Å². The molecule has 0 radical (unpaired) electrons. The summed E-state index contributed by atoms with van der Waals surface area (Å²) in [6.07, 6.45) is 7.14. The number of hydrogen-bond donors (Lipinski definition) is 2. The second-order valence-electron chi connectivity index (χ2n) is 3.82. The average Bonchev–Trinajstić information content (AvgIpc) is 2.41. The number of anilines is 1. The van der Waals surface area contributed by atoms with Gasteiger partial charge >= 0.3 is 0 Å². The number of nitrogens with zero attached hydrogens (tertiary/aromatic N) is 2. The van der Waals surface area contributed by atoms with E-state index in [0.29, 0.717) is 18.1 Å². The molecule has 100 valence electrons. The van der Waals surface area contributed by atoms with Crippen molar-refractivity contribution in [3.8, 4) is 0 Å². The van der Waals surface area contributed by atoms with Crippen LogP contribution >= 0.6 is 11.8 Å². The molecular formula is C12H20N4OS. The lowest BCUT2D eigenvalue weighted by molar-refractivity contribution is 0.0948. The van der Waals surface area contributed by atoms with Crippen LogP contribution in [0.25, 0.3) is 0 Å². The molecule has 5 nitrogen and oxygen atoms in total. The number of aromatic nitrogens is 2. The van der Waals surface area contributed by atoms with E-state index in [0.717, 1.165) is 25.1 Å². The third-order valence-electron chi connectivity index (χ3n) is 2.25. The molecule has 0 bridgehead atoms. The molecule has 0 saturated heterocycles. The Kier molecular flexibility index (Phi) is 7.17. The van der Waals surface area contributed by atoms with Crippen molar-refractivity contribution in [2.45, 2.75) is 19.8 Å². The van der Waals surface area contributed by atoms with Crippen molar-refractivity contribution >= 4 is 23.5 Å². The number of carbonyl (C=O) groups is 1. The van der Waals surface area contributed by atoms with Crippen LogP contribution in [0, 0.1) is 0 Å². The Balaban J connectivity index is 2.38. The van der Waals surface area contributed by atoms with Crippen molar-refractivity contribution in [3.05, 3.63) is 18.1 Å². The number of carbonyl (C=O) groups excluding carboxylic acids is 1. The summed E-state index contributed by atoms with van der Waals surface area (Å²) in [5, 5.41) is 5.93. The maximum Gasteiger partial charge on any atom is 0.271 e. The summed E-state index contributed by atoms with van der Waals surface area (Å²) in [5.74, 6) is 1.59. The van der Waals surface area contributed by atoms with Crippen molar-refractivity contribution in [1.29, 1.82) is 0 Å². The van der Waals surface area contributed by atoms with E-state index in [1.54, 1.807) is 18.0 Å². The zero-order valence-electron chi connectivity index (χ0n) is 10.9. The molecule has 1 amide bonds. The third kappa shape index (κ3) is 5.35. The van der Waals surface area contributed by atoms with Crippen molar-refractivity contribution in [3.63, 3.8) is 0 Å². The van der Waals surface area contributed by atoms with E-state index < -0.39 is 0 Å². The van der Waals surface area contributed by atoms with Gasteiger partial charge in [0, 0.05) is 13.1 Å². The van der Waals surface area contributed by atoms with Crippen molar-refractivity contribution in [2.24, 2.45) is 0 Å². The summed E-state index contributed by atoms with van der Waals surface area (Å²) in [6, 6.07) is 0. The van der Waals surface area contributed by atoms with Gasteiger partial charge in [0.2, 0.25) is 0 Å². The SMILES string of the molecule is CCCNc1cnc(C(=O)NCCCSC)cn1. The van der Waals surface area contributed by atoms with Crippen LogP contribution in [0.2, 0.25) is 0 Å². The van der Waals surface area contributed by atoms with E-state index >= 15 is 0 Å². The highest BCUT2D eigenvalue weighted by molar-refractivity contribution is 7.98. The van der Waals surface area contributed by atoms with Crippen LogP contribution in [-0.2, 0) is 0 Å². The average molecular weight is 268 g/mol. The highest BCUT2D eigenvalue weighted by atomic mass is 32.2. The Bertz CT molecular complexity index is 356. The molecule has 0 spiro atoms. The summed E-state index contributed by atoms with van der Waals surface area (Å²) in [6.45, 7) is 3.61. The smallest absolute Gasteiger partial charge is 0.271 e. The molecule has 0 unspecified atom stereocenters. The zero-order valence-corrected chi connectivity index (χ0v) is 11.7. The minimum atomic E-state index is -0.161. The number of thioether (sulfide) groups is 1. The lowest BCUT2D eigenvalue weighted by Crippen LogP contribution is -2.25. The van der Waals surface area contributed by atoms with E-state index in [1.165, 1.54) is 6.20 Å². The lowest BCUT2D eigenvalue weighted by atomic mass is 10.4. The maximum atomic E-state index is 11.7. The number of hydrogen-bond acceptors (Lipinski definition) is 5. The number of nitrogens with one attached hydrogen (secondary N) is 2. The molecule has 0 fully saturated rings. The predicted molar refractivity (Wildman–Crippen MR) is 76.1 cm³/mol. The Morgan fingerprint density at radius 3 is 2.78 bits per heavy atom. The first-order valence-corrected chi connectivity index (χ1v) is 7.50. The minimum Gasteiger partial charge on any atom is -0.369 e. The van der Waals surface area contributed by atoms with Gasteiger partial charge in [-0.3, -0.25) is 4.79 Å². The van der Waals surface area contributed by atoms with E-state index in [4.69, 9.17) is 0 Å². The Morgan fingerprint density at radius 2 is 2.17 bits per heavy atom. The highest BCUT2D eigenvalue weighted by Gasteiger charge is 2.06. The van der Waals surface area contributed by atoms with Crippen LogP contribution in [0.4, 0.5) is 5.82 Å². The predicted octanol–water partition coefficient (Wildman–Crippen LogP) is 1.78. The molecule has 0 aliphatic heterocycles. The molecule has 0 saturated carbocycles. The van der Waals surface area contributed by atoms with Gasteiger partial charge in [-0.25, -0.2) is 9.97 Å². The van der Waals surface area contributed by atoms with E-state index in [1.807, 2.05) is 0 Å². The molecule has 6 heteroatoms. The second-order valence-corrected chi connectivity index (χ2v) is 4.80. The van der Waals surface area contributed by atoms with Gasteiger partial charge in [0.1, 0.15) is 11.5 Å². The second kappa shape index (κ2) is 8.74. The number of rotatable bonds is 8. The summed E-state index contributed by atoms with van der Waals surface area (Å²) < 4.78 is 0. The molecule has 1 heterocycles. The fourth-order valence-electron chi connectivity index (χ4n) is 1.30. The fourth-order valence-corrected chi connectivity index (χ4v) is 1.73. The van der Waals surface area contributed by atoms with Crippen LogP contribution in [0.3, 0.4) is 0 Å². The normalized spacial score (nSPS) is 10.1. The largest absolute Gasteiger partial charge is 0.369 e. The van der Waals surface area contributed by atoms with Crippen molar-refractivity contribution in [1.82, 2.24) is 15.3 Å². The molecule has 1 aromatic heterocycles. The first-order chi connectivity index (χ1) is 8.77. The van der Waals surface area contributed by atoms with Crippen molar-refractivity contribution in [2.75, 3.05) is 30.4 Å². The van der Waals surface area contributed by atoms with E-state index in [9.17, 15) is 4.79 Å². The first kappa shape index (κ1) is 14.8. The standard InChI is InChI=1S/C12H20N4OS/c1-3-5-13-11-9-15-10(8-16-11)12(17)14-6-4-7-18-2/h8-9H,3-7H2,1-2H3,(H,13,16)(H,14,17). The minimum absolute atomic E-state index is 0.161. The van der Waals surface area contributed by atoms with Crippen LogP contribution in [0.5, 0.6) is 0 Å². The summed E-state index contributed by atoms with van der Waals surface area (Å²) in [7, 11) is 0.